The van der Waals surface area contributed by atoms with Gasteiger partial charge in [-0.1, -0.05) is 26.8 Å². The number of ether oxygens (including phenoxy) is 1. The summed E-state index contributed by atoms with van der Waals surface area (Å²) in [7, 11) is 0. The maximum absolute atomic E-state index is 12.5. The highest BCUT2D eigenvalue weighted by molar-refractivity contribution is 6.04. The lowest BCUT2D eigenvalue weighted by Gasteiger charge is -2.54. The summed E-state index contributed by atoms with van der Waals surface area (Å²) >= 11 is 0. The van der Waals surface area contributed by atoms with E-state index in [-0.39, 0.29) is 16.7 Å². The Morgan fingerprint density at radius 1 is 1.27 bits per heavy atom. The van der Waals surface area contributed by atoms with Crippen LogP contribution >= 0.6 is 0 Å². The van der Waals surface area contributed by atoms with Gasteiger partial charge in [-0.05, 0) is 37.5 Å². The molecular formula is C18H26N2O2. The highest BCUT2D eigenvalue weighted by Gasteiger charge is 2.54. The van der Waals surface area contributed by atoms with Gasteiger partial charge in [-0.15, -0.1) is 0 Å². The maximum Gasteiger partial charge on any atom is 0.178 e. The first-order valence-electron chi connectivity index (χ1n) is 8.23. The van der Waals surface area contributed by atoms with Crippen molar-refractivity contribution in [2.75, 3.05) is 13.2 Å². The zero-order valence-corrected chi connectivity index (χ0v) is 14.0. The molecule has 4 heteroatoms. The molecule has 1 saturated heterocycles. The van der Waals surface area contributed by atoms with Crippen LogP contribution in [0.3, 0.4) is 0 Å². The van der Waals surface area contributed by atoms with E-state index in [9.17, 15) is 10.1 Å². The molecule has 1 N–H and O–H groups in total. The molecule has 1 aliphatic heterocycles. The fourth-order valence-corrected chi connectivity index (χ4v) is 4.91. The van der Waals surface area contributed by atoms with Gasteiger partial charge in [-0.3, -0.25) is 4.79 Å². The minimum absolute atomic E-state index is 0.0169. The Bertz CT molecular complexity index is 568. The lowest BCUT2D eigenvalue weighted by Crippen LogP contribution is -2.63. The van der Waals surface area contributed by atoms with Gasteiger partial charge in [-0.2, -0.15) is 5.26 Å². The van der Waals surface area contributed by atoms with Crippen molar-refractivity contribution < 1.29 is 9.53 Å². The Morgan fingerprint density at radius 3 is 2.50 bits per heavy atom. The van der Waals surface area contributed by atoms with Crippen LogP contribution in [-0.4, -0.2) is 30.6 Å². The summed E-state index contributed by atoms with van der Waals surface area (Å²) in [4.78, 5) is 12.5. The largest absolute Gasteiger partial charge is 0.377 e. The van der Waals surface area contributed by atoms with E-state index in [1.165, 1.54) is 0 Å². The molecule has 22 heavy (non-hydrogen) atoms. The van der Waals surface area contributed by atoms with E-state index in [2.05, 4.69) is 25.2 Å². The Labute approximate surface area is 132 Å². The molecule has 0 aromatic carbocycles. The second kappa shape index (κ2) is 4.91. The van der Waals surface area contributed by atoms with Crippen molar-refractivity contribution in [2.24, 2.45) is 16.7 Å². The van der Waals surface area contributed by atoms with Crippen molar-refractivity contribution in [3.8, 4) is 6.07 Å². The Kier molecular flexibility index (Phi) is 3.50. The molecular weight excluding hydrogens is 276 g/mol. The van der Waals surface area contributed by atoms with Crippen LogP contribution in [0.1, 0.15) is 47.0 Å². The third kappa shape index (κ3) is 2.31. The molecule has 1 heterocycles. The smallest absolute Gasteiger partial charge is 0.178 e. The minimum atomic E-state index is -0.441. The number of nitriles is 1. The summed E-state index contributed by atoms with van der Waals surface area (Å²) < 4.78 is 5.33. The normalized spacial score (nSPS) is 39.2. The number of nitrogens with one attached hydrogen (secondary N) is 1. The van der Waals surface area contributed by atoms with Crippen LogP contribution in [0, 0.1) is 28.1 Å². The van der Waals surface area contributed by atoms with E-state index in [4.69, 9.17) is 4.74 Å². The molecule has 0 radical (unpaired) electrons. The molecule has 3 aliphatic rings. The van der Waals surface area contributed by atoms with Crippen LogP contribution < -0.4 is 5.32 Å². The number of rotatable bonds is 2. The molecule has 0 amide bonds. The molecule has 0 aromatic rings. The topological polar surface area (TPSA) is 62.1 Å². The number of fused-ring (bicyclic) bond motifs is 1. The van der Waals surface area contributed by atoms with E-state index >= 15 is 0 Å². The SMILES string of the molecule is CC1(N[C@@H]2CC[C@@H]3C(C)(C)C(=O)C(C#N)=C[C@@]3(C)C2)COC1. The minimum Gasteiger partial charge on any atom is -0.377 e. The molecule has 3 rings (SSSR count). The van der Waals surface area contributed by atoms with E-state index < -0.39 is 5.41 Å². The van der Waals surface area contributed by atoms with E-state index in [1.807, 2.05) is 19.9 Å². The number of ketones is 1. The van der Waals surface area contributed by atoms with Gasteiger partial charge in [0.15, 0.2) is 5.78 Å². The van der Waals surface area contributed by atoms with Crippen LogP contribution in [0.15, 0.2) is 11.6 Å². The number of nitrogens with zero attached hydrogens (tertiary/aromatic N) is 1. The Hall–Kier alpha value is -1.18. The third-order valence-electron chi connectivity index (χ3n) is 5.98. The second-order valence-electron chi connectivity index (χ2n) is 8.46. The fourth-order valence-electron chi connectivity index (χ4n) is 4.91. The number of carbonyl (C=O) groups excluding carboxylic acids is 1. The summed E-state index contributed by atoms with van der Waals surface area (Å²) in [6.07, 6.45) is 5.05. The van der Waals surface area contributed by atoms with Gasteiger partial charge < -0.3 is 10.1 Å². The van der Waals surface area contributed by atoms with Gasteiger partial charge >= 0.3 is 0 Å². The predicted octanol–water partition coefficient (Wildman–Crippen LogP) is 2.60. The highest BCUT2D eigenvalue weighted by atomic mass is 16.5. The van der Waals surface area contributed by atoms with Gasteiger partial charge in [0.25, 0.3) is 0 Å². The molecule has 1 saturated carbocycles. The molecule has 3 atom stereocenters. The summed E-state index contributed by atoms with van der Waals surface area (Å²) in [6, 6.07) is 2.55. The number of allylic oxidation sites excluding steroid dienone is 2. The fraction of sp³-hybridized carbons (Fsp3) is 0.778. The van der Waals surface area contributed by atoms with Crippen molar-refractivity contribution in [3.05, 3.63) is 11.6 Å². The summed E-state index contributed by atoms with van der Waals surface area (Å²) in [6.45, 7) is 9.99. The predicted molar refractivity (Wildman–Crippen MR) is 84.1 cm³/mol. The highest BCUT2D eigenvalue weighted by Crippen LogP contribution is 2.55. The van der Waals surface area contributed by atoms with Crippen LogP contribution in [0.5, 0.6) is 0 Å². The third-order valence-corrected chi connectivity index (χ3v) is 5.98. The van der Waals surface area contributed by atoms with Gasteiger partial charge in [0.2, 0.25) is 0 Å². The van der Waals surface area contributed by atoms with Crippen LogP contribution in [0.2, 0.25) is 0 Å². The average Bonchev–Trinajstić information content (AvgIpc) is 2.41. The monoisotopic (exact) mass is 302 g/mol. The van der Waals surface area contributed by atoms with Crippen molar-refractivity contribution in [1.82, 2.24) is 5.32 Å². The first-order chi connectivity index (χ1) is 10.2. The number of carbonyl (C=O) groups is 1. The van der Waals surface area contributed by atoms with Crippen LogP contribution in [-0.2, 0) is 9.53 Å². The lowest BCUT2D eigenvalue weighted by atomic mass is 9.52. The Morgan fingerprint density at radius 2 is 1.95 bits per heavy atom. The van der Waals surface area contributed by atoms with Crippen molar-refractivity contribution >= 4 is 5.78 Å². The van der Waals surface area contributed by atoms with Crippen molar-refractivity contribution in [1.29, 1.82) is 5.26 Å². The maximum atomic E-state index is 12.5. The molecule has 0 unspecified atom stereocenters. The van der Waals surface area contributed by atoms with Crippen molar-refractivity contribution in [3.63, 3.8) is 0 Å². The Balaban J connectivity index is 1.86. The van der Waals surface area contributed by atoms with Gasteiger partial charge in [0.1, 0.15) is 6.07 Å². The van der Waals surface area contributed by atoms with Crippen LogP contribution in [0.4, 0.5) is 0 Å². The standard InChI is InChI=1S/C18H26N2O2/c1-16(2)14-6-5-13(20-18(4)10-22-11-18)8-17(14,3)7-12(9-19)15(16)21/h7,13-14,20H,5-6,8,10-11H2,1-4H3/t13-,14-,17+/m1/s1. The van der Waals surface area contributed by atoms with Gasteiger partial charge in [-0.25, -0.2) is 0 Å². The van der Waals surface area contributed by atoms with Gasteiger partial charge in [0, 0.05) is 11.5 Å². The molecule has 2 aliphatic carbocycles. The van der Waals surface area contributed by atoms with E-state index in [1.54, 1.807) is 0 Å². The summed E-state index contributed by atoms with van der Waals surface area (Å²) in [5.41, 5.74) is -0.0829. The van der Waals surface area contributed by atoms with E-state index in [0.717, 1.165) is 32.5 Å². The quantitative estimate of drug-likeness (QED) is 0.851. The number of hydrogen-bond acceptors (Lipinski definition) is 4. The molecule has 0 spiro atoms. The first kappa shape index (κ1) is 15.7. The average molecular weight is 302 g/mol. The summed E-state index contributed by atoms with van der Waals surface area (Å²) in [5.74, 6) is 0.330. The second-order valence-corrected chi connectivity index (χ2v) is 8.46. The molecule has 4 nitrogen and oxygen atoms in total. The van der Waals surface area contributed by atoms with Crippen LogP contribution in [0.25, 0.3) is 0 Å². The molecule has 2 fully saturated rings. The van der Waals surface area contributed by atoms with E-state index in [0.29, 0.717) is 17.5 Å². The van der Waals surface area contributed by atoms with Crippen molar-refractivity contribution in [2.45, 2.75) is 58.5 Å². The summed E-state index contributed by atoms with van der Waals surface area (Å²) in [5, 5.41) is 13.1. The zero-order valence-electron chi connectivity index (χ0n) is 14.0. The van der Waals surface area contributed by atoms with Gasteiger partial charge in [0.05, 0.1) is 24.3 Å². The first-order valence-corrected chi connectivity index (χ1v) is 8.23. The molecule has 120 valence electrons. The zero-order chi connectivity index (χ0) is 16.2. The lowest BCUT2D eigenvalue weighted by molar-refractivity contribution is -0.132. The molecule has 0 aromatic heterocycles. The molecule has 0 bridgehead atoms. The number of hydrogen-bond donors (Lipinski definition) is 1. The number of Topliss-reactive ketones (excluding diaryl/α,β-unsaturated/α-hetero) is 1.